The molecule has 1 aliphatic heterocycles. The Morgan fingerprint density at radius 3 is 1.41 bits per heavy atom. The molecule has 0 spiro atoms. The van der Waals surface area contributed by atoms with E-state index in [1.807, 2.05) is 54.6 Å². The first kappa shape index (κ1) is 53.5. The quantitative estimate of drug-likeness (QED) is 0.0951. The van der Waals surface area contributed by atoms with Crippen LogP contribution in [0.2, 0.25) is 0 Å². The van der Waals surface area contributed by atoms with Crippen LogP contribution < -0.4 is 26.6 Å². The highest BCUT2D eigenvalue weighted by Crippen LogP contribution is 2.57. The highest BCUT2D eigenvalue weighted by atomic mass is 16.6. The fourth-order valence-electron chi connectivity index (χ4n) is 8.19. The second kappa shape index (κ2) is 21.5. The van der Waals surface area contributed by atoms with Gasteiger partial charge >= 0.3 is 24.4 Å². The summed E-state index contributed by atoms with van der Waals surface area (Å²) in [7, 11) is 0. The van der Waals surface area contributed by atoms with Gasteiger partial charge in [-0.25, -0.2) is 19.2 Å². The van der Waals surface area contributed by atoms with Crippen molar-refractivity contribution in [2.24, 2.45) is 20.8 Å². The Balaban J connectivity index is 1.12. The van der Waals surface area contributed by atoms with E-state index in [9.17, 15) is 28.8 Å². The maximum atomic E-state index is 13.9. The van der Waals surface area contributed by atoms with E-state index < -0.39 is 57.6 Å². The van der Waals surface area contributed by atoms with Gasteiger partial charge in [0.25, 0.3) is 0 Å². The van der Waals surface area contributed by atoms with E-state index in [4.69, 9.17) is 18.9 Å². The lowest BCUT2D eigenvalue weighted by Crippen LogP contribution is -2.52. The summed E-state index contributed by atoms with van der Waals surface area (Å²) in [5, 5.41) is 13.9. The number of fused-ring (bicyclic) bond motifs is 3. The van der Waals surface area contributed by atoms with Crippen molar-refractivity contribution in [2.45, 2.75) is 157 Å². The SMILES string of the molecule is CC(C)(C)OC(=O)/N=C(/NC(=O)OC(C)(C)C)N1CC=C(c2ccc(NC(=O)C34CCC(C(=O)Nc5ccc(CCN=C(NC(=O)OC(C)(C)C)NC(=O)OC(C)(C)C)cc5)(CC3)CC4)cc2)CC1. The molecule has 4 aliphatic rings. The van der Waals surface area contributed by atoms with E-state index in [1.54, 1.807) is 88.0 Å². The summed E-state index contributed by atoms with van der Waals surface area (Å²) in [6.45, 7) is 21.9. The number of ether oxygens (including phenoxy) is 4. The number of guanidine groups is 2. The van der Waals surface area contributed by atoms with E-state index in [0.29, 0.717) is 75.8 Å². The molecule has 0 aromatic heterocycles. The molecular weight excluding hydrogens is 885 g/mol. The number of carbonyl (C=O) groups is 6. The second-order valence-corrected chi connectivity index (χ2v) is 21.9. The number of carbonyl (C=O) groups excluding carboxylic acids is 6. The third-order valence-electron chi connectivity index (χ3n) is 11.6. The van der Waals surface area contributed by atoms with Crippen molar-refractivity contribution in [1.29, 1.82) is 0 Å². The van der Waals surface area contributed by atoms with Crippen LogP contribution in [0.1, 0.15) is 139 Å². The van der Waals surface area contributed by atoms with Gasteiger partial charge in [0, 0.05) is 41.8 Å². The third-order valence-corrected chi connectivity index (χ3v) is 11.6. The highest BCUT2D eigenvalue weighted by Gasteiger charge is 2.55. The molecule has 2 aromatic rings. The number of rotatable bonds is 8. The summed E-state index contributed by atoms with van der Waals surface area (Å²) in [5.41, 5.74) is 0.225. The van der Waals surface area contributed by atoms with Crippen molar-refractivity contribution in [3.63, 3.8) is 0 Å². The van der Waals surface area contributed by atoms with Crippen molar-refractivity contribution in [2.75, 3.05) is 30.3 Å². The second-order valence-electron chi connectivity index (χ2n) is 21.9. The zero-order chi connectivity index (χ0) is 51.0. The third kappa shape index (κ3) is 16.6. The topological polar surface area (TPSA) is 227 Å². The predicted octanol–water partition coefficient (Wildman–Crippen LogP) is 9.46. The van der Waals surface area contributed by atoms with Gasteiger partial charge < -0.3 is 34.5 Å². The first-order valence-electron chi connectivity index (χ1n) is 23.6. The molecule has 0 saturated heterocycles. The first-order chi connectivity index (χ1) is 32.0. The molecule has 69 heavy (non-hydrogen) atoms. The summed E-state index contributed by atoms with van der Waals surface area (Å²) in [4.78, 5) is 88.1. The molecule has 6 amide bonds. The standard InChI is InChI=1S/C51H72N8O10/c1-46(2,3)66-42(62)55-40(56-43(63)67-47(4,5)6)52-30-21-33-13-17-36(18-14-33)53-38(60)50-24-27-51(28-25-50,29-26-50)39(61)54-37-19-15-34(16-20-37)35-22-31-59(32-23-35)41(57-44(64)68-48(7,8)9)58-45(65)69-49(10,11)12/h13-20,22H,21,23-32H2,1-12H3,(H,53,60)(H,54,61)(H,57,58,64,65)(H2,52,55,56,62,63). The van der Waals surface area contributed by atoms with Crippen LogP contribution in [-0.4, -0.2) is 95.0 Å². The Labute approximate surface area is 406 Å². The first-order valence-corrected chi connectivity index (χ1v) is 23.6. The van der Waals surface area contributed by atoms with E-state index >= 15 is 0 Å². The lowest BCUT2D eigenvalue weighted by Gasteiger charge is -2.51. The summed E-state index contributed by atoms with van der Waals surface area (Å²) >= 11 is 0. The maximum absolute atomic E-state index is 13.9. The van der Waals surface area contributed by atoms with Crippen LogP contribution in [0.15, 0.2) is 64.6 Å². The number of amides is 6. The van der Waals surface area contributed by atoms with Crippen LogP contribution in [0.5, 0.6) is 0 Å². The van der Waals surface area contributed by atoms with E-state index in [2.05, 4.69) is 36.6 Å². The summed E-state index contributed by atoms with van der Waals surface area (Å²) in [6.07, 6.45) is 3.67. The van der Waals surface area contributed by atoms with Crippen molar-refractivity contribution in [1.82, 2.24) is 20.9 Å². The number of anilines is 2. The Bertz CT molecular complexity index is 2250. The molecule has 5 N–H and O–H groups in total. The molecule has 18 heteroatoms. The summed E-state index contributed by atoms with van der Waals surface area (Å²) < 4.78 is 21.4. The number of alkyl carbamates (subject to hydrolysis) is 3. The Morgan fingerprint density at radius 2 is 1.00 bits per heavy atom. The fraction of sp³-hybridized carbons (Fsp3) is 0.569. The molecule has 6 rings (SSSR count). The Morgan fingerprint density at radius 1 is 0.580 bits per heavy atom. The van der Waals surface area contributed by atoms with E-state index in [0.717, 1.165) is 16.7 Å². The van der Waals surface area contributed by atoms with Crippen molar-refractivity contribution in [3.05, 3.63) is 65.7 Å². The largest absolute Gasteiger partial charge is 0.444 e. The minimum absolute atomic E-state index is 0.0286. The van der Waals surface area contributed by atoms with E-state index in [-0.39, 0.29) is 30.3 Å². The van der Waals surface area contributed by atoms with Gasteiger partial charge in [0.15, 0.2) is 0 Å². The lowest BCUT2D eigenvalue weighted by molar-refractivity contribution is -0.144. The molecule has 18 nitrogen and oxygen atoms in total. The number of aliphatic imine (C=N–C) groups is 2. The minimum Gasteiger partial charge on any atom is -0.444 e. The molecule has 3 aliphatic carbocycles. The predicted molar refractivity (Wildman–Crippen MR) is 265 cm³/mol. The number of benzene rings is 2. The summed E-state index contributed by atoms with van der Waals surface area (Å²) in [5.74, 6) is -0.125. The average molecular weight is 957 g/mol. The van der Waals surface area contributed by atoms with Crippen molar-refractivity contribution in [3.8, 4) is 0 Å². The van der Waals surface area contributed by atoms with Gasteiger partial charge in [-0.05, 0) is 175 Å². The molecule has 2 bridgehead atoms. The minimum atomic E-state index is -0.826. The molecular formula is C51H72N8O10. The molecule has 376 valence electrons. The van der Waals surface area contributed by atoms with Gasteiger partial charge in [0.1, 0.15) is 22.4 Å². The zero-order valence-corrected chi connectivity index (χ0v) is 42.4. The monoisotopic (exact) mass is 957 g/mol. The van der Waals surface area contributed by atoms with Gasteiger partial charge in [-0.3, -0.25) is 30.5 Å². The molecule has 3 saturated carbocycles. The van der Waals surface area contributed by atoms with Crippen LogP contribution in [0.25, 0.3) is 5.57 Å². The molecule has 0 atom stereocenters. The van der Waals surface area contributed by atoms with Gasteiger partial charge in [0.05, 0.1) is 0 Å². The molecule has 1 heterocycles. The van der Waals surface area contributed by atoms with Crippen LogP contribution in [0.3, 0.4) is 0 Å². The number of hydrogen-bond donors (Lipinski definition) is 5. The van der Waals surface area contributed by atoms with Crippen LogP contribution in [0.4, 0.5) is 30.6 Å². The van der Waals surface area contributed by atoms with Crippen LogP contribution >= 0.6 is 0 Å². The molecule has 0 unspecified atom stereocenters. The molecule has 3 fully saturated rings. The number of hydrogen-bond acceptors (Lipinski definition) is 11. The van der Waals surface area contributed by atoms with Crippen molar-refractivity contribution >= 4 is 65.1 Å². The smallest absolute Gasteiger partial charge is 0.437 e. The van der Waals surface area contributed by atoms with Gasteiger partial charge in [-0.15, -0.1) is 4.99 Å². The zero-order valence-electron chi connectivity index (χ0n) is 42.4. The van der Waals surface area contributed by atoms with Gasteiger partial charge in [-0.2, -0.15) is 0 Å². The Hall–Kier alpha value is -6.46. The number of nitrogens with zero attached hydrogens (tertiary/aromatic N) is 3. The van der Waals surface area contributed by atoms with Gasteiger partial charge in [-0.1, -0.05) is 30.3 Å². The lowest BCUT2D eigenvalue weighted by atomic mass is 9.53. The van der Waals surface area contributed by atoms with Crippen LogP contribution in [-0.2, 0) is 35.0 Å². The van der Waals surface area contributed by atoms with Crippen LogP contribution in [0, 0.1) is 10.8 Å². The maximum Gasteiger partial charge on any atom is 0.437 e. The molecule has 2 aromatic carbocycles. The van der Waals surface area contributed by atoms with Crippen molar-refractivity contribution < 1.29 is 47.7 Å². The molecule has 0 radical (unpaired) electrons. The number of nitrogens with one attached hydrogen (secondary N) is 5. The summed E-state index contributed by atoms with van der Waals surface area (Å²) in [6, 6.07) is 15.2. The fourth-order valence-corrected chi connectivity index (χ4v) is 8.19. The average Bonchev–Trinajstić information content (AvgIpc) is 3.22. The Kier molecular flexibility index (Phi) is 16.6. The van der Waals surface area contributed by atoms with E-state index in [1.165, 1.54) is 0 Å². The highest BCUT2D eigenvalue weighted by molar-refractivity contribution is 6.02. The van der Waals surface area contributed by atoms with Gasteiger partial charge in [0.2, 0.25) is 23.7 Å². The normalized spacial score (nSPS) is 19.5.